The van der Waals surface area contributed by atoms with E-state index in [0.29, 0.717) is 5.92 Å². The van der Waals surface area contributed by atoms with Crippen LogP contribution in [0, 0.1) is 5.92 Å². The molecule has 0 rings (SSSR count). The third-order valence-electron chi connectivity index (χ3n) is 2.84. The zero-order valence-corrected chi connectivity index (χ0v) is 11.7. The molecule has 0 fully saturated rings. The minimum atomic E-state index is -1.95. The number of carbonyl (C=O) groups is 2. The number of nitrogens with one attached hydrogen (secondary N) is 1. The number of aliphatic hydroxyl groups is 1. The Bertz CT molecular complexity index is 302. The van der Waals surface area contributed by atoms with Crippen molar-refractivity contribution >= 4 is 12.0 Å². The van der Waals surface area contributed by atoms with Crippen LogP contribution >= 0.6 is 0 Å². The van der Waals surface area contributed by atoms with Crippen LogP contribution in [0.4, 0.5) is 4.79 Å². The summed E-state index contributed by atoms with van der Waals surface area (Å²) in [6.45, 7) is 6.89. The van der Waals surface area contributed by atoms with Gasteiger partial charge in [-0.1, -0.05) is 13.8 Å². The van der Waals surface area contributed by atoms with Gasteiger partial charge in [0.1, 0.15) is 0 Å². The molecule has 0 saturated heterocycles. The molecule has 0 radical (unpaired) electrons. The van der Waals surface area contributed by atoms with Gasteiger partial charge >= 0.3 is 12.0 Å². The summed E-state index contributed by atoms with van der Waals surface area (Å²) < 4.78 is 0. The van der Waals surface area contributed by atoms with E-state index in [-0.39, 0.29) is 18.6 Å². The molecule has 6 nitrogen and oxygen atoms in total. The molecule has 0 aliphatic carbocycles. The number of carboxylic acids is 1. The van der Waals surface area contributed by atoms with Crippen molar-refractivity contribution in [2.45, 2.75) is 45.8 Å². The molecule has 106 valence electrons. The van der Waals surface area contributed by atoms with E-state index >= 15 is 0 Å². The molecule has 2 atom stereocenters. The standard InChI is InChI=1S/C12H24N2O4/c1-8(2)6-9(3)14(5)11(17)13-7-12(4,18)10(15)16/h8-9,18H,6-7H2,1-5H3,(H,13,17)(H,15,16). The van der Waals surface area contributed by atoms with Crippen molar-refractivity contribution in [3.63, 3.8) is 0 Å². The smallest absolute Gasteiger partial charge is 0.337 e. The Morgan fingerprint density at radius 2 is 1.83 bits per heavy atom. The number of hydrogen-bond acceptors (Lipinski definition) is 3. The molecule has 0 bridgehead atoms. The van der Waals surface area contributed by atoms with Crippen LogP contribution in [0.15, 0.2) is 0 Å². The highest BCUT2D eigenvalue weighted by molar-refractivity contribution is 5.79. The molecular weight excluding hydrogens is 236 g/mol. The summed E-state index contributed by atoms with van der Waals surface area (Å²) in [7, 11) is 1.65. The summed E-state index contributed by atoms with van der Waals surface area (Å²) in [4.78, 5) is 23.9. The van der Waals surface area contributed by atoms with Gasteiger partial charge in [-0.25, -0.2) is 9.59 Å². The lowest BCUT2D eigenvalue weighted by Gasteiger charge is -2.28. The van der Waals surface area contributed by atoms with Crippen LogP contribution in [0.25, 0.3) is 0 Å². The molecule has 6 heteroatoms. The predicted octanol–water partition coefficient (Wildman–Crippen LogP) is 0.898. The van der Waals surface area contributed by atoms with Crippen molar-refractivity contribution in [3.8, 4) is 0 Å². The second-order valence-electron chi connectivity index (χ2n) is 5.33. The van der Waals surface area contributed by atoms with Gasteiger partial charge in [0.25, 0.3) is 0 Å². The normalized spacial score (nSPS) is 15.9. The number of aliphatic carboxylic acids is 1. The monoisotopic (exact) mass is 260 g/mol. The lowest BCUT2D eigenvalue weighted by molar-refractivity contribution is -0.155. The lowest BCUT2D eigenvalue weighted by Crippen LogP contribution is -2.51. The summed E-state index contributed by atoms with van der Waals surface area (Å²) in [5, 5.41) is 20.6. The number of carbonyl (C=O) groups excluding carboxylic acids is 1. The molecule has 0 heterocycles. The van der Waals surface area contributed by atoms with E-state index in [9.17, 15) is 14.7 Å². The molecule has 0 aromatic rings. The molecule has 2 amide bonds. The Kier molecular flexibility index (Phi) is 6.11. The average Bonchev–Trinajstić information content (AvgIpc) is 2.23. The van der Waals surface area contributed by atoms with E-state index in [1.165, 1.54) is 4.90 Å². The maximum absolute atomic E-state index is 11.7. The fourth-order valence-corrected chi connectivity index (χ4v) is 1.49. The van der Waals surface area contributed by atoms with E-state index in [2.05, 4.69) is 19.2 Å². The Balaban J connectivity index is 4.29. The highest BCUT2D eigenvalue weighted by Crippen LogP contribution is 2.10. The SMILES string of the molecule is CC(C)CC(C)N(C)C(=O)NCC(C)(O)C(=O)O. The molecule has 0 aliphatic heterocycles. The first kappa shape index (κ1) is 16.7. The topological polar surface area (TPSA) is 89.9 Å². The third-order valence-corrected chi connectivity index (χ3v) is 2.84. The molecule has 0 aromatic carbocycles. The summed E-state index contributed by atoms with van der Waals surface area (Å²) in [6, 6.07) is -0.329. The van der Waals surface area contributed by atoms with Crippen LogP contribution in [0.5, 0.6) is 0 Å². The lowest BCUT2D eigenvalue weighted by atomic mass is 10.0. The van der Waals surface area contributed by atoms with Crippen molar-refractivity contribution in [1.82, 2.24) is 10.2 Å². The molecule has 0 spiro atoms. The molecule has 2 unspecified atom stereocenters. The van der Waals surface area contributed by atoms with Gasteiger partial charge in [0.15, 0.2) is 5.60 Å². The van der Waals surface area contributed by atoms with Gasteiger partial charge < -0.3 is 20.4 Å². The Hall–Kier alpha value is -1.30. The van der Waals surface area contributed by atoms with Crippen LogP contribution in [0.3, 0.4) is 0 Å². The predicted molar refractivity (Wildman–Crippen MR) is 68.3 cm³/mol. The fraction of sp³-hybridized carbons (Fsp3) is 0.833. The van der Waals surface area contributed by atoms with Crippen LogP contribution in [-0.2, 0) is 4.79 Å². The van der Waals surface area contributed by atoms with E-state index in [0.717, 1.165) is 13.3 Å². The zero-order valence-electron chi connectivity index (χ0n) is 11.7. The van der Waals surface area contributed by atoms with Crippen LogP contribution < -0.4 is 5.32 Å². The molecule has 18 heavy (non-hydrogen) atoms. The zero-order chi connectivity index (χ0) is 14.5. The van der Waals surface area contributed by atoms with Gasteiger partial charge in [0.2, 0.25) is 0 Å². The van der Waals surface area contributed by atoms with Gasteiger partial charge in [-0.2, -0.15) is 0 Å². The number of amides is 2. The molecular formula is C12H24N2O4. The largest absolute Gasteiger partial charge is 0.479 e. The van der Waals surface area contributed by atoms with E-state index in [1.807, 2.05) is 6.92 Å². The number of urea groups is 1. The number of hydrogen-bond donors (Lipinski definition) is 3. The first-order valence-electron chi connectivity index (χ1n) is 6.04. The van der Waals surface area contributed by atoms with E-state index in [4.69, 9.17) is 5.11 Å². The van der Waals surface area contributed by atoms with Crippen LogP contribution in [0.2, 0.25) is 0 Å². The van der Waals surface area contributed by atoms with Crippen LogP contribution in [0.1, 0.15) is 34.1 Å². The minimum absolute atomic E-state index is 0.0553. The van der Waals surface area contributed by atoms with Gasteiger partial charge in [0.05, 0.1) is 6.54 Å². The van der Waals surface area contributed by atoms with Crippen LogP contribution in [-0.4, -0.2) is 52.3 Å². The quantitative estimate of drug-likeness (QED) is 0.662. The molecule has 0 saturated carbocycles. The minimum Gasteiger partial charge on any atom is -0.479 e. The molecule has 0 aliphatic rings. The van der Waals surface area contributed by atoms with E-state index in [1.54, 1.807) is 7.05 Å². The van der Waals surface area contributed by atoms with E-state index < -0.39 is 11.6 Å². The van der Waals surface area contributed by atoms with Gasteiger partial charge in [-0.3, -0.25) is 0 Å². The highest BCUT2D eigenvalue weighted by atomic mass is 16.4. The second kappa shape index (κ2) is 6.58. The van der Waals surface area contributed by atoms with Crippen molar-refractivity contribution < 1.29 is 19.8 Å². The van der Waals surface area contributed by atoms with Crippen molar-refractivity contribution in [2.75, 3.05) is 13.6 Å². The summed E-state index contributed by atoms with van der Waals surface area (Å²) >= 11 is 0. The summed E-state index contributed by atoms with van der Waals surface area (Å²) in [6.07, 6.45) is 0.860. The summed E-state index contributed by atoms with van der Waals surface area (Å²) in [5.74, 6) is -0.891. The van der Waals surface area contributed by atoms with Gasteiger partial charge in [-0.05, 0) is 26.2 Å². The highest BCUT2D eigenvalue weighted by Gasteiger charge is 2.31. The summed E-state index contributed by atoms with van der Waals surface area (Å²) in [5.41, 5.74) is -1.95. The number of carboxylic acid groups (broad SMARTS) is 1. The Morgan fingerprint density at radius 3 is 2.22 bits per heavy atom. The average molecular weight is 260 g/mol. The number of rotatable bonds is 6. The van der Waals surface area contributed by atoms with Crippen molar-refractivity contribution in [1.29, 1.82) is 0 Å². The molecule has 0 aromatic heterocycles. The van der Waals surface area contributed by atoms with Crippen molar-refractivity contribution in [2.24, 2.45) is 5.92 Å². The Labute approximate surface area is 108 Å². The molecule has 3 N–H and O–H groups in total. The fourth-order valence-electron chi connectivity index (χ4n) is 1.49. The maximum atomic E-state index is 11.7. The Morgan fingerprint density at radius 1 is 1.33 bits per heavy atom. The maximum Gasteiger partial charge on any atom is 0.337 e. The first-order valence-corrected chi connectivity index (χ1v) is 6.04. The second-order valence-corrected chi connectivity index (χ2v) is 5.33. The van der Waals surface area contributed by atoms with Crippen molar-refractivity contribution in [3.05, 3.63) is 0 Å². The van der Waals surface area contributed by atoms with Gasteiger partial charge in [-0.15, -0.1) is 0 Å². The third kappa shape index (κ3) is 5.35. The first-order chi connectivity index (χ1) is 8.08. The van der Waals surface area contributed by atoms with Gasteiger partial charge in [0, 0.05) is 13.1 Å². The number of nitrogens with zero attached hydrogens (tertiary/aromatic N) is 1.